The Balaban J connectivity index is 1.94. The zero-order valence-electron chi connectivity index (χ0n) is 13.3. The first-order valence-electron chi connectivity index (χ1n) is 8.39. The van der Waals surface area contributed by atoms with Gasteiger partial charge in [0.1, 0.15) is 5.75 Å². The Bertz CT molecular complexity index is 653. The summed E-state index contributed by atoms with van der Waals surface area (Å²) in [5.74, 6) is 1.28. The first-order valence-corrected chi connectivity index (χ1v) is 8.39. The minimum absolute atomic E-state index is 0.216. The van der Waals surface area contributed by atoms with Crippen LogP contribution in [-0.2, 0) is 0 Å². The third-order valence-electron chi connectivity index (χ3n) is 4.40. The molecule has 0 amide bonds. The summed E-state index contributed by atoms with van der Waals surface area (Å²) in [6, 6.07) is 7.21. The predicted molar refractivity (Wildman–Crippen MR) is 92.5 cm³/mol. The lowest BCUT2D eigenvalue weighted by Gasteiger charge is -2.16. The summed E-state index contributed by atoms with van der Waals surface area (Å²) in [6.07, 6.45) is 7.61. The number of hydrogen-bond acceptors (Lipinski definition) is 5. The summed E-state index contributed by atoms with van der Waals surface area (Å²) in [5, 5.41) is 13.5. The van der Waals surface area contributed by atoms with Gasteiger partial charge in [0.15, 0.2) is 5.82 Å². The molecule has 5 heteroatoms. The van der Waals surface area contributed by atoms with Gasteiger partial charge in [0.25, 0.3) is 0 Å². The van der Waals surface area contributed by atoms with Crippen molar-refractivity contribution in [2.75, 3.05) is 18.4 Å². The van der Waals surface area contributed by atoms with Crippen molar-refractivity contribution in [3.8, 4) is 17.1 Å². The van der Waals surface area contributed by atoms with Gasteiger partial charge in [0.2, 0.25) is 0 Å². The smallest absolute Gasteiger partial charge is 0.163 e. The van der Waals surface area contributed by atoms with Gasteiger partial charge in [-0.25, -0.2) is 9.97 Å². The highest BCUT2D eigenvalue weighted by atomic mass is 16.3. The number of benzene rings is 1. The van der Waals surface area contributed by atoms with Crippen molar-refractivity contribution in [2.24, 2.45) is 5.73 Å². The molecule has 122 valence electrons. The van der Waals surface area contributed by atoms with Crippen LogP contribution in [0.1, 0.15) is 43.7 Å². The summed E-state index contributed by atoms with van der Waals surface area (Å²) in [6.45, 7) is 1.50. The zero-order chi connectivity index (χ0) is 16.1. The van der Waals surface area contributed by atoms with Crippen LogP contribution in [0.5, 0.6) is 5.75 Å². The third-order valence-corrected chi connectivity index (χ3v) is 4.40. The molecule has 1 aliphatic carbocycles. The SMILES string of the molecule is NCCCNc1cnc(-c2ccccc2O)nc1C1CCCC1. The van der Waals surface area contributed by atoms with Gasteiger partial charge >= 0.3 is 0 Å². The summed E-state index contributed by atoms with van der Waals surface area (Å²) in [5.41, 5.74) is 8.33. The maximum absolute atomic E-state index is 10.1. The van der Waals surface area contributed by atoms with Crippen LogP contribution in [0.2, 0.25) is 0 Å². The lowest BCUT2D eigenvalue weighted by molar-refractivity contribution is 0.477. The normalized spacial score (nSPS) is 15.0. The van der Waals surface area contributed by atoms with E-state index in [9.17, 15) is 5.11 Å². The van der Waals surface area contributed by atoms with Crippen molar-refractivity contribution in [1.29, 1.82) is 0 Å². The predicted octanol–water partition coefficient (Wildman–Crippen LogP) is 3.27. The van der Waals surface area contributed by atoms with E-state index in [1.54, 1.807) is 12.1 Å². The molecule has 1 aromatic carbocycles. The highest BCUT2D eigenvalue weighted by Crippen LogP contribution is 2.37. The fraction of sp³-hybridized carbons (Fsp3) is 0.444. The first-order chi connectivity index (χ1) is 11.3. The monoisotopic (exact) mass is 312 g/mol. The van der Waals surface area contributed by atoms with E-state index in [1.165, 1.54) is 25.7 Å². The molecule has 2 aromatic rings. The van der Waals surface area contributed by atoms with Crippen LogP contribution in [0.4, 0.5) is 5.69 Å². The molecule has 1 fully saturated rings. The number of rotatable bonds is 6. The van der Waals surface area contributed by atoms with Gasteiger partial charge in [-0.3, -0.25) is 0 Å². The summed E-state index contributed by atoms with van der Waals surface area (Å²) in [7, 11) is 0. The maximum Gasteiger partial charge on any atom is 0.163 e. The Hall–Kier alpha value is -2.14. The summed E-state index contributed by atoms with van der Waals surface area (Å²) >= 11 is 0. The van der Waals surface area contributed by atoms with Gasteiger partial charge in [0.05, 0.1) is 23.1 Å². The second kappa shape index (κ2) is 7.42. The molecule has 0 radical (unpaired) electrons. The minimum Gasteiger partial charge on any atom is -0.507 e. The molecule has 0 aliphatic heterocycles. The van der Waals surface area contributed by atoms with E-state index in [4.69, 9.17) is 10.7 Å². The van der Waals surface area contributed by atoms with Crippen molar-refractivity contribution in [2.45, 2.75) is 38.0 Å². The zero-order valence-corrected chi connectivity index (χ0v) is 13.3. The molecule has 0 saturated heterocycles. The standard InChI is InChI=1S/C18H24N4O/c19-10-5-11-20-15-12-21-18(14-8-3-4-9-16(14)23)22-17(15)13-6-1-2-7-13/h3-4,8-9,12-13,20,23H,1-2,5-7,10-11,19H2. The van der Waals surface area contributed by atoms with E-state index in [-0.39, 0.29) is 5.75 Å². The number of nitrogens with zero attached hydrogens (tertiary/aromatic N) is 2. The van der Waals surface area contributed by atoms with Crippen LogP contribution in [-0.4, -0.2) is 28.2 Å². The molecule has 1 heterocycles. The van der Waals surface area contributed by atoms with Crippen molar-refractivity contribution in [3.63, 3.8) is 0 Å². The summed E-state index contributed by atoms with van der Waals surface area (Å²) < 4.78 is 0. The number of nitrogens with one attached hydrogen (secondary N) is 1. The molecule has 1 aromatic heterocycles. The second-order valence-electron chi connectivity index (χ2n) is 6.06. The lowest BCUT2D eigenvalue weighted by atomic mass is 10.0. The average Bonchev–Trinajstić information content (AvgIpc) is 3.10. The Kier molecular flexibility index (Phi) is 5.08. The Labute approximate surface area is 137 Å². The van der Waals surface area contributed by atoms with Crippen LogP contribution in [0.15, 0.2) is 30.5 Å². The van der Waals surface area contributed by atoms with Crippen molar-refractivity contribution in [1.82, 2.24) is 9.97 Å². The van der Waals surface area contributed by atoms with E-state index >= 15 is 0 Å². The molecule has 23 heavy (non-hydrogen) atoms. The molecule has 0 spiro atoms. The highest BCUT2D eigenvalue weighted by Gasteiger charge is 2.23. The molecule has 0 bridgehead atoms. The molecule has 4 N–H and O–H groups in total. The number of nitrogens with two attached hydrogens (primary N) is 1. The molecule has 0 atom stereocenters. The number of aromatic hydroxyl groups is 1. The summed E-state index contributed by atoms with van der Waals surface area (Å²) in [4.78, 5) is 9.26. The Morgan fingerprint density at radius 1 is 1.22 bits per heavy atom. The van der Waals surface area contributed by atoms with Gasteiger partial charge in [-0.2, -0.15) is 0 Å². The van der Waals surface area contributed by atoms with Gasteiger partial charge in [-0.05, 0) is 37.9 Å². The number of hydrogen-bond donors (Lipinski definition) is 3. The molecule has 1 saturated carbocycles. The Morgan fingerprint density at radius 3 is 2.74 bits per heavy atom. The van der Waals surface area contributed by atoms with Crippen LogP contribution in [0.25, 0.3) is 11.4 Å². The van der Waals surface area contributed by atoms with Crippen LogP contribution < -0.4 is 11.1 Å². The fourth-order valence-corrected chi connectivity index (χ4v) is 3.16. The van der Waals surface area contributed by atoms with E-state index < -0.39 is 0 Å². The number of phenols is 1. The van der Waals surface area contributed by atoms with Gasteiger partial charge in [-0.15, -0.1) is 0 Å². The maximum atomic E-state index is 10.1. The quantitative estimate of drug-likeness (QED) is 0.713. The molecular formula is C18H24N4O. The average molecular weight is 312 g/mol. The molecule has 0 unspecified atom stereocenters. The Morgan fingerprint density at radius 2 is 2.00 bits per heavy atom. The lowest BCUT2D eigenvalue weighted by Crippen LogP contribution is -2.12. The van der Waals surface area contributed by atoms with E-state index in [1.807, 2.05) is 18.3 Å². The van der Waals surface area contributed by atoms with E-state index in [2.05, 4.69) is 10.3 Å². The number of para-hydroxylation sites is 1. The number of anilines is 1. The van der Waals surface area contributed by atoms with Crippen molar-refractivity contribution < 1.29 is 5.11 Å². The van der Waals surface area contributed by atoms with Gasteiger partial charge in [-0.1, -0.05) is 25.0 Å². The van der Waals surface area contributed by atoms with E-state index in [0.717, 1.165) is 24.3 Å². The van der Waals surface area contributed by atoms with Crippen LogP contribution in [0, 0.1) is 0 Å². The minimum atomic E-state index is 0.216. The number of aromatic nitrogens is 2. The van der Waals surface area contributed by atoms with Crippen molar-refractivity contribution in [3.05, 3.63) is 36.2 Å². The van der Waals surface area contributed by atoms with Gasteiger partial charge < -0.3 is 16.2 Å². The second-order valence-corrected chi connectivity index (χ2v) is 6.06. The first kappa shape index (κ1) is 15.7. The van der Waals surface area contributed by atoms with Crippen molar-refractivity contribution >= 4 is 5.69 Å². The fourth-order valence-electron chi connectivity index (χ4n) is 3.16. The van der Waals surface area contributed by atoms with E-state index in [0.29, 0.717) is 23.9 Å². The van der Waals surface area contributed by atoms with Gasteiger partial charge in [0, 0.05) is 12.5 Å². The largest absolute Gasteiger partial charge is 0.507 e. The topological polar surface area (TPSA) is 84.1 Å². The molecule has 3 rings (SSSR count). The molecular weight excluding hydrogens is 288 g/mol. The highest BCUT2D eigenvalue weighted by molar-refractivity contribution is 5.65. The molecule has 5 nitrogen and oxygen atoms in total. The van der Waals surface area contributed by atoms with Crippen LogP contribution >= 0.6 is 0 Å². The van der Waals surface area contributed by atoms with Crippen LogP contribution in [0.3, 0.4) is 0 Å². The third kappa shape index (κ3) is 3.62. The number of phenolic OH excluding ortho intramolecular Hbond substituents is 1. The molecule has 1 aliphatic rings.